The lowest BCUT2D eigenvalue weighted by Crippen LogP contribution is -2.43. The molecule has 6 nitrogen and oxygen atoms in total. The molecule has 1 aromatic rings. The van der Waals surface area contributed by atoms with Gasteiger partial charge in [0, 0.05) is 0 Å². The van der Waals surface area contributed by atoms with Crippen LogP contribution in [0.15, 0.2) is 29.3 Å². The number of methoxy groups -OCH3 is 1. The van der Waals surface area contributed by atoms with Crippen molar-refractivity contribution < 1.29 is 14.3 Å². The first-order chi connectivity index (χ1) is 10.8. The van der Waals surface area contributed by atoms with Gasteiger partial charge in [-0.2, -0.15) is 0 Å². The Morgan fingerprint density at radius 1 is 1.43 bits per heavy atom. The number of esters is 1. The molecule has 0 saturated heterocycles. The molecule has 0 saturated carbocycles. The molecule has 1 amide bonds. The van der Waals surface area contributed by atoms with Gasteiger partial charge >= 0.3 is 5.97 Å². The monoisotopic (exact) mass is 317 g/mol. The lowest BCUT2D eigenvalue weighted by Gasteiger charge is -2.23. The maximum atomic E-state index is 12.7. The second kappa shape index (κ2) is 6.40. The van der Waals surface area contributed by atoms with Crippen LogP contribution in [0.4, 0.5) is 0 Å². The molecule has 124 valence electrons. The summed E-state index contributed by atoms with van der Waals surface area (Å²) in [6.45, 7) is 6.19. The van der Waals surface area contributed by atoms with Crippen molar-refractivity contribution in [2.75, 3.05) is 7.11 Å². The minimum atomic E-state index is -0.807. The van der Waals surface area contributed by atoms with E-state index in [9.17, 15) is 9.59 Å². The van der Waals surface area contributed by atoms with Crippen molar-refractivity contribution in [2.24, 2.45) is 16.6 Å². The van der Waals surface area contributed by atoms with Crippen molar-refractivity contribution in [1.29, 1.82) is 0 Å². The molecule has 0 spiro atoms. The lowest BCUT2D eigenvalue weighted by molar-refractivity contribution is -0.131. The van der Waals surface area contributed by atoms with Crippen LogP contribution in [0.3, 0.4) is 0 Å². The largest absolute Gasteiger partial charge is 0.465 e. The fourth-order valence-corrected chi connectivity index (χ4v) is 2.93. The van der Waals surface area contributed by atoms with Crippen molar-refractivity contribution in [3.63, 3.8) is 0 Å². The Balaban J connectivity index is 2.20. The molecule has 6 heteroatoms. The van der Waals surface area contributed by atoms with Gasteiger partial charge in [-0.3, -0.25) is 9.69 Å². The number of rotatable bonds is 5. The standard InChI is InChI=1S/C17H23N3O3/c1-11(2)9-17(3)15(22)20(16(18)19-17)10-12-6-5-7-13(8-12)14(21)23-4/h5-8,11H,9-10H2,1-4H3,(H2,18,19). The Morgan fingerprint density at radius 2 is 2.13 bits per heavy atom. The van der Waals surface area contributed by atoms with Crippen molar-refractivity contribution in [3.8, 4) is 0 Å². The van der Waals surface area contributed by atoms with Crippen LogP contribution in [0.1, 0.15) is 43.1 Å². The fraction of sp³-hybridized carbons (Fsp3) is 0.471. The number of carbonyl (C=O) groups is 2. The summed E-state index contributed by atoms with van der Waals surface area (Å²) in [5.41, 5.74) is 6.39. The molecule has 1 aliphatic heterocycles. The molecule has 2 N–H and O–H groups in total. The van der Waals surface area contributed by atoms with E-state index in [1.54, 1.807) is 18.2 Å². The third-order valence-corrected chi connectivity index (χ3v) is 3.84. The minimum absolute atomic E-state index is 0.104. The molecule has 0 fully saturated rings. The maximum Gasteiger partial charge on any atom is 0.337 e. The maximum absolute atomic E-state index is 12.7. The van der Waals surface area contributed by atoms with E-state index in [-0.39, 0.29) is 18.4 Å². The second-order valence-electron chi connectivity index (χ2n) is 6.43. The number of hydrogen-bond donors (Lipinski definition) is 1. The first-order valence-electron chi connectivity index (χ1n) is 7.61. The number of guanidine groups is 1. The Hall–Kier alpha value is -2.37. The second-order valence-corrected chi connectivity index (χ2v) is 6.43. The van der Waals surface area contributed by atoms with Crippen LogP contribution < -0.4 is 5.73 Å². The van der Waals surface area contributed by atoms with Gasteiger partial charge in [0.15, 0.2) is 5.96 Å². The van der Waals surface area contributed by atoms with Gasteiger partial charge in [0.1, 0.15) is 5.54 Å². The number of amides is 1. The van der Waals surface area contributed by atoms with Crippen LogP contribution in [0.5, 0.6) is 0 Å². The van der Waals surface area contributed by atoms with Crippen LogP contribution in [-0.2, 0) is 16.1 Å². The molecule has 1 aromatic carbocycles. The Labute approximate surface area is 136 Å². The van der Waals surface area contributed by atoms with E-state index in [2.05, 4.69) is 4.99 Å². The number of nitrogens with zero attached hydrogens (tertiary/aromatic N) is 2. The van der Waals surface area contributed by atoms with Gasteiger partial charge in [0.25, 0.3) is 5.91 Å². The molecule has 23 heavy (non-hydrogen) atoms. The van der Waals surface area contributed by atoms with E-state index >= 15 is 0 Å². The number of benzene rings is 1. The van der Waals surface area contributed by atoms with Crippen molar-refractivity contribution >= 4 is 17.8 Å². The van der Waals surface area contributed by atoms with E-state index in [1.165, 1.54) is 12.0 Å². The molecule has 0 aromatic heterocycles. The van der Waals surface area contributed by atoms with Crippen molar-refractivity contribution in [1.82, 2.24) is 4.90 Å². The number of nitrogens with two attached hydrogens (primary N) is 1. The summed E-state index contributed by atoms with van der Waals surface area (Å²) in [6, 6.07) is 6.96. The molecular formula is C17H23N3O3. The molecule has 0 aliphatic carbocycles. The highest BCUT2D eigenvalue weighted by Crippen LogP contribution is 2.29. The summed E-state index contributed by atoms with van der Waals surface area (Å²) in [7, 11) is 1.33. The van der Waals surface area contributed by atoms with Crippen LogP contribution in [-0.4, -0.2) is 35.4 Å². The van der Waals surface area contributed by atoms with Gasteiger partial charge in [-0.15, -0.1) is 0 Å². The quantitative estimate of drug-likeness (QED) is 0.841. The van der Waals surface area contributed by atoms with E-state index in [4.69, 9.17) is 10.5 Å². The van der Waals surface area contributed by atoms with Gasteiger partial charge in [-0.1, -0.05) is 26.0 Å². The number of carbonyl (C=O) groups excluding carboxylic acids is 2. The highest BCUT2D eigenvalue weighted by atomic mass is 16.5. The van der Waals surface area contributed by atoms with E-state index < -0.39 is 11.5 Å². The summed E-state index contributed by atoms with van der Waals surface area (Å²) in [5.74, 6) is 0.0442. The van der Waals surface area contributed by atoms with Crippen LogP contribution >= 0.6 is 0 Å². The average Bonchev–Trinajstić information content (AvgIpc) is 2.69. The predicted octanol–water partition coefficient (Wildman–Crippen LogP) is 1.93. The normalized spacial score (nSPS) is 20.8. The molecular weight excluding hydrogens is 294 g/mol. The number of aliphatic imine (C=N–C) groups is 1. The average molecular weight is 317 g/mol. The molecule has 2 rings (SSSR count). The molecule has 1 heterocycles. The van der Waals surface area contributed by atoms with E-state index in [0.717, 1.165) is 5.56 Å². The Kier molecular flexibility index (Phi) is 4.73. The van der Waals surface area contributed by atoms with E-state index in [0.29, 0.717) is 17.9 Å². The third-order valence-electron chi connectivity index (χ3n) is 3.84. The Morgan fingerprint density at radius 3 is 2.74 bits per heavy atom. The molecule has 1 aliphatic rings. The number of hydrogen-bond acceptors (Lipinski definition) is 5. The lowest BCUT2D eigenvalue weighted by atomic mass is 9.91. The van der Waals surface area contributed by atoms with Gasteiger partial charge < -0.3 is 10.5 Å². The highest BCUT2D eigenvalue weighted by molar-refractivity contribution is 6.06. The van der Waals surface area contributed by atoms with Crippen LogP contribution in [0.2, 0.25) is 0 Å². The first kappa shape index (κ1) is 17.0. The van der Waals surface area contributed by atoms with E-state index in [1.807, 2.05) is 26.8 Å². The molecule has 0 radical (unpaired) electrons. The topological polar surface area (TPSA) is 85.0 Å². The van der Waals surface area contributed by atoms with Gasteiger partial charge in [0.2, 0.25) is 0 Å². The summed E-state index contributed by atoms with van der Waals surface area (Å²) in [5, 5.41) is 0. The fourth-order valence-electron chi connectivity index (χ4n) is 2.93. The zero-order chi connectivity index (χ0) is 17.2. The summed E-state index contributed by atoms with van der Waals surface area (Å²) in [6.07, 6.45) is 0.644. The zero-order valence-electron chi connectivity index (χ0n) is 14.0. The predicted molar refractivity (Wildman–Crippen MR) is 87.8 cm³/mol. The van der Waals surface area contributed by atoms with Gasteiger partial charge in [0.05, 0.1) is 19.2 Å². The Bertz CT molecular complexity index is 654. The first-order valence-corrected chi connectivity index (χ1v) is 7.61. The molecule has 1 atom stereocenters. The molecule has 0 bridgehead atoms. The smallest absolute Gasteiger partial charge is 0.337 e. The van der Waals surface area contributed by atoms with Gasteiger partial charge in [-0.25, -0.2) is 9.79 Å². The molecule has 1 unspecified atom stereocenters. The van der Waals surface area contributed by atoms with Crippen molar-refractivity contribution in [3.05, 3.63) is 35.4 Å². The SMILES string of the molecule is COC(=O)c1cccc(CN2C(=O)C(C)(CC(C)C)N=C2N)c1. The van der Waals surface area contributed by atoms with Crippen LogP contribution in [0, 0.1) is 5.92 Å². The summed E-state index contributed by atoms with van der Waals surface area (Å²) in [4.78, 5) is 30.1. The summed E-state index contributed by atoms with van der Waals surface area (Å²) >= 11 is 0. The third kappa shape index (κ3) is 3.52. The minimum Gasteiger partial charge on any atom is -0.465 e. The van der Waals surface area contributed by atoms with Crippen LogP contribution in [0.25, 0.3) is 0 Å². The number of ether oxygens (including phenoxy) is 1. The zero-order valence-corrected chi connectivity index (χ0v) is 14.0. The van der Waals surface area contributed by atoms with Gasteiger partial charge in [-0.05, 0) is 37.0 Å². The van der Waals surface area contributed by atoms with Crippen molar-refractivity contribution in [2.45, 2.75) is 39.3 Å². The summed E-state index contributed by atoms with van der Waals surface area (Å²) < 4.78 is 4.71. The highest BCUT2D eigenvalue weighted by Gasteiger charge is 2.43.